The Morgan fingerprint density at radius 2 is 1.77 bits per heavy atom. The van der Waals surface area contributed by atoms with Crippen LogP contribution in [0, 0.1) is 0 Å². The number of sulfonamides is 1. The Hall–Kier alpha value is -2.39. The first-order valence-electron chi connectivity index (χ1n) is 10.6. The number of fused-ring (bicyclic) bond motifs is 1. The molecule has 9 heteroatoms. The zero-order valence-electron chi connectivity index (χ0n) is 18.1. The van der Waals surface area contributed by atoms with Gasteiger partial charge in [-0.2, -0.15) is 4.98 Å². The van der Waals surface area contributed by atoms with E-state index in [0.29, 0.717) is 23.5 Å². The van der Waals surface area contributed by atoms with Crippen molar-refractivity contribution in [3.63, 3.8) is 0 Å². The minimum atomic E-state index is -3.50. The minimum absolute atomic E-state index is 0.411. The van der Waals surface area contributed by atoms with Gasteiger partial charge in [0.1, 0.15) is 10.6 Å². The summed E-state index contributed by atoms with van der Waals surface area (Å²) in [6.45, 7) is 5.02. The molecule has 166 valence electrons. The van der Waals surface area contributed by atoms with Crippen LogP contribution in [0.5, 0.6) is 0 Å². The van der Waals surface area contributed by atoms with Crippen molar-refractivity contribution >= 4 is 54.7 Å². The second-order valence-electron chi connectivity index (χ2n) is 8.94. The normalized spacial score (nSPS) is 15.7. The molecule has 0 spiro atoms. The van der Waals surface area contributed by atoms with Crippen LogP contribution >= 0.6 is 11.3 Å². The van der Waals surface area contributed by atoms with Gasteiger partial charge < -0.3 is 10.6 Å². The molecule has 0 amide bonds. The lowest BCUT2D eigenvalue weighted by molar-refractivity contribution is 0.461. The van der Waals surface area contributed by atoms with Crippen molar-refractivity contribution in [1.29, 1.82) is 0 Å². The van der Waals surface area contributed by atoms with Crippen molar-refractivity contribution < 1.29 is 8.42 Å². The van der Waals surface area contributed by atoms with Gasteiger partial charge in [0.2, 0.25) is 16.0 Å². The van der Waals surface area contributed by atoms with Crippen LogP contribution in [0.1, 0.15) is 52.9 Å². The average molecular weight is 460 g/mol. The molecule has 2 aromatic heterocycles. The fraction of sp³-hybridized carbons (Fsp3) is 0.455. The Balaban J connectivity index is 1.59. The fourth-order valence-electron chi connectivity index (χ4n) is 3.55. The number of nitrogens with zero attached hydrogens (tertiary/aromatic N) is 2. The van der Waals surface area contributed by atoms with Crippen molar-refractivity contribution in [2.45, 2.75) is 63.7 Å². The smallest absolute Gasteiger partial charge is 0.237 e. The standard InChI is InChI=1S/C22H29N5O2S2/c1-22(2,3)31(28,29)27-17-11-7-10-16(14-17)23-19-18-12-13-30-20(18)26-21(25-19)24-15-8-5-4-6-9-15/h7,10-15,27H,4-6,8-9H2,1-3H3,(H2,23,24,25,26). The van der Waals surface area contributed by atoms with E-state index in [1.165, 1.54) is 19.3 Å². The lowest BCUT2D eigenvalue weighted by atomic mass is 9.96. The lowest BCUT2D eigenvalue weighted by Gasteiger charge is -2.23. The largest absolute Gasteiger partial charge is 0.351 e. The number of hydrogen-bond donors (Lipinski definition) is 3. The molecule has 0 saturated heterocycles. The Labute approximate surface area is 187 Å². The second-order valence-corrected chi connectivity index (χ2v) is 12.3. The molecule has 0 radical (unpaired) electrons. The summed E-state index contributed by atoms with van der Waals surface area (Å²) in [5.74, 6) is 1.34. The maximum atomic E-state index is 12.5. The van der Waals surface area contributed by atoms with E-state index in [1.54, 1.807) is 44.2 Å². The van der Waals surface area contributed by atoms with E-state index in [1.807, 2.05) is 23.6 Å². The number of thiophene rings is 1. The lowest BCUT2D eigenvalue weighted by Crippen LogP contribution is -2.33. The first-order valence-corrected chi connectivity index (χ1v) is 13.0. The summed E-state index contributed by atoms with van der Waals surface area (Å²) in [5.41, 5.74) is 1.26. The molecule has 0 bridgehead atoms. The van der Waals surface area contributed by atoms with E-state index in [-0.39, 0.29) is 0 Å². The van der Waals surface area contributed by atoms with Crippen LogP contribution in [0.3, 0.4) is 0 Å². The van der Waals surface area contributed by atoms with Crippen molar-refractivity contribution in [3.8, 4) is 0 Å². The topological polar surface area (TPSA) is 96.0 Å². The van der Waals surface area contributed by atoms with Crippen LogP contribution < -0.4 is 15.4 Å². The van der Waals surface area contributed by atoms with E-state index >= 15 is 0 Å². The highest BCUT2D eigenvalue weighted by Gasteiger charge is 2.28. The first-order chi connectivity index (χ1) is 14.7. The molecule has 1 aliphatic carbocycles. The van der Waals surface area contributed by atoms with Gasteiger partial charge in [0, 0.05) is 11.7 Å². The highest BCUT2D eigenvalue weighted by atomic mass is 32.2. The number of anilines is 4. The Kier molecular flexibility index (Phi) is 6.07. The Morgan fingerprint density at radius 3 is 2.52 bits per heavy atom. The number of nitrogens with one attached hydrogen (secondary N) is 3. The predicted octanol–water partition coefficient (Wildman–Crippen LogP) is 5.72. The second kappa shape index (κ2) is 8.63. The van der Waals surface area contributed by atoms with Crippen LogP contribution in [0.25, 0.3) is 10.2 Å². The van der Waals surface area contributed by atoms with E-state index in [0.717, 1.165) is 28.7 Å². The quantitative estimate of drug-likeness (QED) is 0.436. The fourth-order valence-corrected chi connectivity index (χ4v) is 5.06. The van der Waals surface area contributed by atoms with Gasteiger partial charge in [-0.3, -0.25) is 4.72 Å². The van der Waals surface area contributed by atoms with Gasteiger partial charge in [-0.25, -0.2) is 13.4 Å². The highest BCUT2D eigenvalue weighted by Crippen LogP contribution is 2.31. The van der Waals surface area contributed by atoms with Crippen molar-refractivity contribution in [3.05, 3.63) is 35.7 Å². The van der Waals surface area contributed by atoms with Crippen LogP contribution in [-0.2, 0) is 10.0 Å². The molecule has 1 aliphatic rings. The third-order valence-corrected chi connectivity index (χ3v) is 8.37. The summed E-state index contributed by atoms with van der Waals surface area (Å²) < 4.78 is 26.8. The van der Waals surface area contributed by atoms with E-state index in [2.05, 4.69) is 20.3 Å². The van der Waals surface area contributed by atoms with Gasteiger partial charge in [-0.05, 0) is 63.3 Å². The first kappa shape index (κ1) is 21.8. The SMILES string of the molecule is CC(C)(C)S(=O)(=O)Nc1cccc(Nc2nc(NC3CCCCC3)nc3sccc23)c1. The van der Waals surface area contributed by atoms with Gasteiger partial charge in [0.05, 0.1) is 15.8 Å². The maximum Gasteiger partial charge on any atom is 0.237 e. The van der Waals surface area contributed by atoms with Gasteiger partial charge >= 0.3 is 0 Å². The van der Waals surface area contributed by atoms with Crippen molar-refractivity contribution in [1.82, 2.24) is 9.97 Å². The van der Waals surface area contributed by atoms with Crippen LogP contribution in [-0.4, -0.2) is 29.2 Å². The third kappa shape index (κ3) is 5.10. The molecule has 3 N–H and O–H groups in total. The van der Waals surface area contributed by atoms with Gasteiger partial charge in [-0.1, -0.05) is 25.3 Å². The van der Waals surface area contributed by atoms with Crippen LogP contribution in [0.15, 0.2) is 35.7 Å². The highest BCUT2D eigenvalue weighted by molar-refractivity contribution is 7.94. The summed E-state index contributed by atoms with van der Waals surface area (Å²) >= 11 is 1.58. The van der Waals surface area contributed by atoms with Crippen LogP contribution in [0.2, 0.25) is 0 Å². The number of hydrogen-bond acceptors (Lipinski definition) is 7. The van der Waals surface area contributed by atoms with E-state index in [9.17, 15) is 8.42 Å². The molecular weight excluding hydrogens is 430 g/mol. The predicted molar refractivity (Wildman–Crippen MR) is 130 cm³/mol. The molecule has 4 rings (SSSR count). The summed E-state index contributed by atoms with van der Waals surface area (Å²) in [7, 11) is -3.50. The number of aromatic nitrogens is 2. The van der Waals surface area contributed by atoms with Crippen LogP contribution in [0.4, 0.5) is 23.1 Å². The molecule has 2 heterocycles. The monoisotopic (exact) mass is 459 g/mol. The van der Waals surface area contributed by atoms with Gasteiger partial charge in [0.15, 0.2) is 0 Å². The van der Waals surface area contributed by atoms with E-state index in [4.69, 9.17) is 4.98 Å². The number of rotatable bonds is 6. The molecule has 31 heavy (non-hydrogen) atoms. The van der Waals surface area contributed by atoms with Crippen molar-refractivity contribution in [2.75, 3.05) is 15.4 Å². The zero-order chi connectivity index (χ0) is 22.1. The molecule has 7 nitrogen and oxygen atoms in total. The van der Waals surface area contributed by atoms with Gasteiger partial charge in [0.25, 0.3) is 0 Å². The molecule has 0 atom stereocenters. The summed E-state index contributed by atoms with van der Waals surface area (Å²) in [6.07, 6.45) is 6.06. The number of benzene rings is 1. The molecule has 3 aromatic rings. The molecule has 0 aliphatic heterocycles. The molecule has 1 saturated carbocycles. The molecule has 1 aromatic carbocycles. The summed E-state index contributed by atoms with van der Waals surface area (Å²) in [6, 6.07) is 9.63. The molecule has 0 unspecified atom stereocenters. The van der Waals surface area contributed by atoms with Gasteiger partial charge in [-0.15, -0.1) is 11.3 Å². The summed E-state index contributed by atoms with van der Waals surface area (Å²) in [5, 5.41) is 9.80. The zero-order valence-corrected chi connectivity index (χ0v) is 19.7. The van der Waals surface area contributed by atoms with Crippen molar-refractivity contribution in [2.24, 2.45) is 0 Å². The third-order valence-electron chi connectivity index (χ3n) is 5.45. The molecule has 1 fully saturated rings. The van der Waals surface area contributed by atoms with E-state index < -0.39 is 14.8 Å². The average Bonchev–Trinajstić information content (AvgIpc) is 3.17. The Morgan fingerprint density at radius 1 is 1.03 bits per heavy atom. The minimum Gasteiger partial charge on any atom is -0.351 e. The maximum absolute atomic E-state index is 12.5. The Bertz CT molecular complexity index is 1160. The summed E-state index contributed by atoms with van der Waals surface area (Å²) in [4.78, 5) is 10.3. The molecular formula is C22H29N5O2S2.